The van der Waals surface area contributed by atoms with Gasteiger partial charge >= 0.3 is 0 Å². The van der Waals surface area contributed by atoms with Gasteiger partial charge < -0.3 is 9.80 Å². The highest BCUT2D eigenvalue weighted by molar-refractivity contribution is 5.92. The molecule has 1 saturated heterocycles. The maximum absolute atomic E-state index is 12.9. The van der Waals surface area contributed by atoms with E-state index < -0.39 is 0 Å². The molecule has 1 aromatic carbocycles. The summed E-state index contributed by atoms with van der Waals surface area (Å²) >= 11 is 0. The number of rotatable bonds is 4. The van der Waals surface area contributed by atoms with Crippen LogP contribution in [-0.4, -0.2) is 61.9 Å². The zero-order valence-electron chi connectivity index (χ0n) is 17.2. The van der Waals surface area contributed by atoms with Crippen molar-refractivity contribution in [1.82, 2.24) is 29.9 Å². The van der Waals surface area contributed by atoms with Gasteiger partial charge in [-0.2, -0.15) is 0 Å². The van der Waals surface area contributed by atoms with Crippen molar-refractivity contribution < 1.29 is 4.79 Å². The molecule has 156 valence electrons. The lowest BCUT2D eigenvalue weighted by Gasteiger charge is -2.35. The van der Waals surface area contributed by atoms with Crippen LogP contribution in [0, 0.1) is 5.92 Å². The van der Waals surface area contributed by atoms with Gasteiger partial charge in [-0.25, -0.2) is 9.97 Å². The fraction of sp³-hybridized carbons (Fsp3) is 0.500. The Balaban J connectivity index is 1.22. The monoisotopic (exact) mass is 405 g/mol. The van der Waals surface area contributed by atoms with Crippen LogP contribution >= 0.6 is 0 Å². The molecule has 8 nitrogen and oxygen atoms in total. The van der Waals surface area contributed by atoms with Gasteiger partial charge in [-0.05, 0) is 30.9 Å². The summed E-state index contributed by atoms with van der Waals surface area (Å²) in [5.74, 6) is 1.57. The lowest BCUT2D eigenvalue weighted by Crippen LogP contribution is -2.49. The summed E-state index contributed by atoms with van der Waals surface area (Å²) in [5, 5.41) is 9.42. The summed E-state index contributed by atoms with van der Waals surface area (Å²) in [5.41, 5.74) is 1.39. The fourth-order valence-electron chi connectivity index (χ4n) is 4.65. The van der Waals surface area contributed by atoms with E-state index in [1.54, 1.807) is 6.33 Å². The van der Waals surface area contributed by atoms with Crippen molar-refractivity contribution >= 4 is 22.6 Å². The van der Waals surface area contributed by atoms with Crippen LogP contribution in [0.1, 0.15) is 42.6 Å². The molecule has 2 aromatic heterocycles. The zero-order valence-corrected chi connectivity index (χ0v) is 17.2. The van der Waals surface area contributed by atoms with Crippen LogP contribution in [0.2, 0.25) is 0 Å². The molecule has 2 fully saturated rings. The third kappa shape index (κ3) is 3.86. The lowest BCUT2D eigenvalue weighted by atomic mass is 9.89. The number of nitrogens with zero attached hydrogens (tertiary/aromatic N) is 7. The van der Waals surface area contributed by atoms with E-state index in [0.717, 1.165) is 36.4 Å². The van der Waals surface area contributed by atoms with Crippen LogP contribution in [0.15, 0.2) is 36.8 Å². The summed E-state index contributed by atoms with van der Waals surface area (Å²) in [7, 11) is 0. The van der Waals surface area contributed by atoms with Crippen molar-refractivity contribution in [1.29, 1.82) is 0 Å². The van der Waals surface area contributed by atoms with E-state index in [4.69, 9.17) is 0 Å². The molecule has 30 heavy (non-hydrogen) atoms. The van der Waals surface area contributed by atoms with E-state index in [0.29, 0.717) is 24.7 Å². The van der Waals surface area contributed by atoms with E-state index >= 15 is 0 Å². The summed E-state index contributed by atoms with van der Waals surface area (Å²) in [6.45, 7) is 3.64. The molecule has 2 aliphatic rings. The smallest absolute Gasteiger partial charge is 0.276 e. The van der Waals surface area contributed by atoms with E-state index in [1.807, 2.05) is 40.0 Å². The second kappa shape index (κ2) is 8.38. The molecule has 1 aliphatic carbocycles. The molecule has 0 atom stereocenters. The van der Waals surface area contributed by atoms with E-state index in [2.05, 4.69) is 25.2 Å². The van der Waals surface area contributed by atoms with E-state index in [-0.39, 0.29) is 5.91 Å². The number of carbonyl (C=O) groups excluding carboxylic acids is 1. The Hall–Kier alpha value is -3.03. The number of aromatic nitrogens is 5. The topological polar surface area (TPSA) is 80.0 Å². The Kier molecular flexibility index (Phi) is 5.29. The molecule has 8 heteroatoms. The molecule has 0 bridgehead atoms. The molecule has 1 amide bonds. The van der Waals surface area contributed by atoms with Gasteiger partial charge in [-0.3, -0.25) is 9.48 Å². The van der Waals surface area contributed by atoms with Gasteiger partial charge in [-0.1, -0.05) is 36.6 Å². The van der Waals surface area contributed by atoms with Crippen molar-refractivity contribution in [3.8, 4) is 0 Å². The van der Waals surface area contributed by atoms with Crippen LogP contribution in [0.25, 0.3) is 10.9 Å². The molecule has 0 unspecified atom stereocenters. The van der Waals surface area contributed by atoms with E-state index in [1.165, 1.54) is 32.1 Å². The quantitative estimate of drug-likeness (QED) is 0.664. The average Bonchev–Trinajstić information content (AvgIpc) is 3.27. The maximum Gasteiger partial charge on any atom is 0.276 e. The first-order valence-corrected chi connectivity index (χ1v) is 10.9. The van der Waals surface area contributed by atoms with E-state index in [9.17, 15) is 4.79 Å². The Morgan fingerprint density at radius 2 is 1.80 bits per heavy atom. The predicted molar refractivity (Wildman–Crippen MR) is 114 cm³/mol. The SMILES string of the molecule is O=C(c1cn(CC2CCCCC2)nn1)N1CCN(c2ncnc3ccccc23)CC1. The van der Waals surface area contributed by atoms with Gasteiger partial charge in [0, 0.05) is 38.1 Å². The van der Waals surface area contributed by atoms with Gasteiger partial charge in [0.05, 0.1) is 11.7 Å². The third-order valence-corrected chi connectivity index (χ3v) is 6.32. The first-order valence-electron chi connectivity index (χ1n) is 10.9. The highest BCUT2D eigenvalue weighted by Crippen LogP contribution is 2.25. The second-order valence-electron chi connectivity index (χ2n) is 8.32. The Labute approximate surface area is 175 Å². The minimum atomic E-state index is -0.0305. The zero-order chi connectivity index (χ0) is 20.3. The highest BCUT2D eigenvalue weighted by Gasteiger charge is 2.26. The number of anilines is 1. The normalized spacial score (nSPS) is 18.1. The van der Waals surface area contributed by atoms with Gasteiger partial charge in [0.25, 0.3) is 5.91 Å². The highest BCUT2D eigenvalue weighted by atomic mass is 16.2. The standard InChI is InChI=1S/C22H27N7O/c30-22(20-15-29(26-25-20)14-17-6-2-1-3-7-17)28-12-10-27(11-13-28)21-18-8-4-5-9-19(18)23-16-24-21/h4-5,8-9,15-17H,1-3,6-7,10-14H2. The molecule has 1 aliphatic heterocycles. The minimum Gasteiger partial charge on any atom is -0.352 e. The van der Waals surface area contributed by atoms with Crippen LogP contribution < -0.4 is 4.90 Å². The number of amides is 1. The first kappa shape index (κ1) is 19.0. The molecular formula is C22H27N7O. The Bertz CT molecular complexity index is 1010. The molecule has 3 aromatic rings. The summed E-state index contributed by atoms with van der Waals surface area (Å²) in [6.07, 6.45) is 9.88. The van der Waals surface area contributed by atoms with Crippen LogP contribution in [0.4, 0.5) is 5.82 Å². The fourth-order valence-corrected chi connectivity index (χ4v) is 4.65. The van der Waals surface area contributed by atoms with Crippen molar-refractivity contribution in [3.05, 3.63) is 42.5 Å². The molecule has 5 rings (SSSR count). The number of fused-ring (bicyclic) bond motifs is 1. The molecule has 1 saturated carbocycles. The molecule has 0 spiro atoms. The van der Waals surface area contributed by atoms with Gasteiger partial charge in [0.1, 0.15) is 12.1 Å². The lowest BCUT2D eigenvalue weighted by molar-refractivity contribution is 0.0740. The van der Waals surface area contributed by atoms with Gasteiger partial charge in [0.15, 0.2) is 5.69 Å². The summed E-state index contributed by atoms with van der Waals surface area (Å²) in [6, 6.07) is 8.03. The summed E-state index contributed by atoms with van der Waals surface area (Å²) < 4.78 is 1.85. The first-order chi connectivity index (χ1) is 14.8. The Morgan fingerprint density at radius 1 is 1.00 bits per heavy atom. The van der Waals surface area contributed by atoms with Crippen LogP contribution in [0.5, 0.6) is 0 Å². The predicted octanol–water partition coefficient (Wildman–Crippen LogP) is 2.76. The molecule has 0 radical (unpaired) electrons. The minimum absolute atomic E-state index is 0.0305. The average molecular weight is 406 g/mol. The third-order valence-electron chi connectivity index (χ3n) is 6.32. The summed E-state index contributed by atoms with van der Waals surface area (Å²) in [4.78, 5) is 25.9. The van der Waals surface area contributed by atoms with Crippen molar-refractivity contribution in [2.45, 2.75) is 38.6 Å². The number of benzene rings is 1. The van der Waals surface area contributed by atoms with Crippen molar-refractivity contribution in [3.63, 3.8) is 0 Å². The number of hydrogen-bond acceptors (Lipinski definition) is 6. The van der Waals surface area contributed by atoms with Crippen LogP contribution in [-0.2, 0) is 6.54 Å². The van der Waals surface area contributed by atoms with Crippen LogP contribution in [0.3, 0.4) is 0 Å². The largest absolute Gasteiger partial charge is 0.352 e. The number of carbonyl (C=O) groups is 1. The Morgan fingerprint density at radius 3 is 2.63 bits per heavy atom. The molecule has 3 heterocycles. The number of hydrogen-bond donors (Lipinski definition) is 0. The number of para-hydroxylation sites is 1. The van der Waals surface area contributed by atoms with Gasteiger partial charge in [-0.15, -0.1) is 5.10 Å². The van der Waals surface area contributed by atoms with Gasteiger partial charge in [0.2, 0.25) is 0 Å². The molecule has 0 N–H and O–H groups in total. The number of piperazine rings is 1. The van der Waals surface area contributed by atoms with Crippen molar-refractivity contribution in [2.75, 3.05) is 31.1 Å². The molecular weight excluding hydrogens is 378 g/mol. The second-order valence-corrected chi connectivity index (χ2v) is 8.32. The van der Waals surface area contributed by atoms with Crippen molar-refractivity contribution in [2.24, 2.45) is 5.92 Å². The maximum atomic E-state index is 12.9.